The summed E-state index contributed by atoms with van der Waals surface area (Å²) < 4.78 is 13.1. The molecule has 3 aromatic rings. The van der Waals surface area contributed by atoms with Crippen LogP contribution in [-0.2, 0) is 16.1 Å². The number of hydrogen-bond donors (Lipinski definition) is 1. The van der Waals surface area contributed by atoms with Gasteiger partial charge < -0.3 is 24.0 Å². The molecule has 2 aromatic carbocycles. The number of Topliss-reactive ketones (excluding diaryl/α,β-unsaturated/α-hetero) is 1. The third kappa shape index (κ3) is 6.02. The number of benzene rings is 2. The number of rotatable bonds is 12. The molecule has 0 aliphatic carbocycles. The number of amides is 1. The zero-order valence-corrected chi connectivity index (χ0v) is 21.3. The Morgan fingerprint density at radius 3 is 2.54 bits per heavy atom. The first-order valence-electron chi connectivity index (χ1n) is 12.6. The molecule has 1 atom stereocenters. The Kier molecular flexibility index (Phi) is 8.61. The summed E-state index contributed by atoms with van der Waals surface area (Å²) in [7, 11) is 1.56. The van der Waals surface area contributed by atoms with Crippen LogP contribution < -0.4 is 9.47 Å². The van der Waals surface area contributed by atoms with Crippen molar-refractivity contribution in [3.8, 4) is 11.5 Å². The van der Waals surface area contributed by atoms with Gasteiger partial charge in [-0.15, -0.1) is 0 Å². The van der Waals surface area contributed by atoms with Crippen LogP contribution in [0.2, 0.25) is 0 Å². The maximum Gasteiger partial charge on any atom is 0.295 e. The number of unbranched alkanes of at least 4 members (excludes halogenated alkanes) is 2. The number of aryl methyl sites for hydroxylation is 1. The molecule has 1 saturated heterocycles. The van der Waals surface area contributed by atoms with E-state index in [1.165, 1.54) is 0 Å². The van der Waals surface area contributed by atoms with E-state index < -0.39 is 17.7 Å². The van der Waals surface area contributed by atoms with Gasteiger partial charge in [-0.05, 0) is 54.8 Å². The second-order valence-corrected chi connectivity index (χ2v) is 9.00. The van der Waals surface area contributed by atoms with Crippen molar-refractivity contribution in [2.75, 3.05) is 20.3 Å². The van der Waals surface area contributed by atoms with E-state index in [4.69, 9.17) is 9.47 Å². The van der Waals surface area contributed by atoms with E-state index in [1.807, 2.05) is 35.0 Å². The van der Waals surface area contributed by atoms with Crippen molar-refractivity contribution in [3.05, 3.63) is 84.0 Å². The van der Waals surface area contributed by atoms with Gasteiger partial charge in [0.15, 0.2) is 0 Å². The Hall–Kier alpha value is -4.07. The Balaban J connectivity index is 1.68. The van der Waals surface area contributed by atoms with Gasteiger partial charge in [0.25, 0.3) is 11.7 Å². The third-order valence-electron chi connectivity index (χ3n) is 6.47. The smallest absolute Gasteiger partial charge is 0.295 e. The Morgan fingerprint density at radius 2 is 1.84 bits per heavy atom. The van der Waals surface area contributed by atoms with Crippen molar-refractivity contribution >= 4 is 17.4 Å². The molecule has 4 rings (SSSR count). The van der Waals surface area contributed by atoms with Gasteiger partial charge in [-0.25, -0.2) is 4.98 Å². The first-order chi connectivity index (χ1) is 18.0. The summed E-state index contributed by atoms with van der Waals surface area (Å²) in [6, 6.07) is 13.5. The van der Waals surface area contributed by atoms with Crippen LogP contribution in [0, 0.1) is 0 Å². The molecule has 8 nitrogen and oxygen atoms in total. The molecule has 0 bridgehead atoms. The summed E-state index contributed by atoms with van der Waals surface area (Å²) in [6.07, 6.45) is 9.03. The van der Waals surface area contributed by atoms with Crippen molar-refractivity contribution < 1.29 is 24.2 Å². The van der Waals surface area contributed by atoms with Crippen molar-refractivity contribution in [2.24, 2.45) is 0 Å². The van der Waals surface area contributed by atoms with Crippen LogP contribution in [0.1, 0.15) is 49.8 Å². The average Bonchev–Trinajstić information content (AvgIpc) is 3.53. The fourth-order valence-corrected chi connectivity index (χ4v) is 4.52. The summed E-state index contributed by atoms with van der Waals surface area (Å²) in [5, 5.41) is 11.3. The molecular weight excluding hydrogens is 470 g/mol. The molecule has 37 heavy (non-hydrogen) atoms. The van der Waals surface area contributed by atoms with Crippen LogP contribution >= 0.6 is 0 Å². The van der Waals surface area contributed by atoms with Gasteiger partial charge >= 0.3 is 0 Å². The van der Waals surface area contributed by atoms with E-state index >= 15 is 0 Å². The third-order valence-corrected chi connectivity index (χ3v) is 6.47. The maximum absolute atomic E-state index is 13.3. The molecule has 194 valence electrons. The van der Waals surface area contributed by atoms with Crippen LogP contribution in [0.5, 0.6) is 11.5 Å². The van der Waals surface area contributed by atoms with E-state index in [2.05, 4.69) is 11.9 Å². The molecule has 0 saturated carbocycles. The number of hydrogen-bond acceptors (Lipinski definition) is 6. The van der Waals surface area contributed by atoms with E-state index in [9.17, 15) is 14.7 Å². The van der Waals surface area contributed by atoms with E-state index in [0.29, 0.717) is 48.7 Å². The lowest BCUT2D eigenvalue weighted by molar-refractivity contribution is -0.139. The zero-order valence-electron chi connectivity index (χ0n) is 21.3. The first-order valence-corrected chi connectivity index (χ1v) is 12.6. The summed E-state index contributed by atoms with van der Waals surface area (Å²) in [5.41, 5.74) is 1.22. The number of ether oxygens (including phenoxy) is 2. The molecule has 0 radical (unpaired) electrons. The van der Waals surface area contributed by atoms with Gasteiger partial charge in [0, 0.05) is 31.0 Å². The highest BCUT2D eigenvalue weighted by Crippen LogP contribution is 2.40. The molecule has 8 heteroatoms. The van der Waals surface area contributed by atoms with Crippen LogP contribution in [0.3, 0.4) is 0 Å². The molecule has 1 aliphatic heterocycles. The number of aliphatic hydroxyl groups is 1. The zero-order chi connectivity index (χ0) is 26.2. The number of imidazole rings is 1. The molecule has 1 aliphatic rings. The van der Waals surface area contributed by atoms with Gasteiger partial charge in [-0.2, -0.15) is 0 Å². The molecule has 1 N–H and O–H groups in total. The minimum atomic E-state index is -0.732. The molecule has 1 fully saturated rings. The molecule has 1 aromatic heterocycles. The summed E-state index contributed by atoms with van der Waals surface area (Å²) in [6.45, 7) is 3.72. The number of aliphatic hydroxyl groups excluding tert-OH is 1. The Morgan fingerprint density at radius 1 is 1.03 bits per heavy atom. The second kappa shape index (κ2) is 12.3. The van der Waals surface area contributed by atoms with Crippen molar-refractivity contribution in [3.63, 3.8) is 0 Å². The Labute approximate surface area is 217 Å². The maximum atomic E-state index is 13.3. The minimum absolute atomic E-state index is 0.0703. The van der Waals surface area contributed by atoms with Gasteiger partial charge in [0.2, 0.25) is 0 Å². The van der Waals surface area contributed by atoms with Crippen LogP contribution in [0.4, 0.5) is 0 Å². The minimum Gasteiger partial charge on any atom is -0.507 e. The fourth-order valence-electron chi connectivity index (χ4n) is 4.52. The van der Waals surface area contributed by atoms with Crippen LogP contribution in [0.25, 0.3) is 5.76 Å². The number of ketones is 1. The standard InChI is InChI=1S/C29H33N3O5/c1-3-4-5-18-37-24-9-6-8-22(19-24)26-25(27(33)21-10-12-23(36-2)13-11-21)28(34)29(35)32(26)16-7-15-31-17-14-30-20-31/h6,8-14,17,19-20,26,33H,3-5,7,15-16,18H2,1-2H3/b27-25+. The fraction of sp³-hybridized carbons (Fsp3) is 0.345. The second-order valence-electron chi connectivity index (χ2n) is 9.00. The number of carbonyl (C=O) groups is 2. The quantitative estimate of drug-likeness (QED) is 0.162. The number of likely N-dealkylation sites (tertiary alicyclic amines) is 1. The highest BCUT2D eigenvalue weighted by atomic mass is 16.5. The largest absolute Gasteiger partial charge is 0.507 e. The number of aromatic nitrogens is 2. The molecule has 0 spiro atoms. The normalized spacial score (nSPS) is 16.8. The highest BCUT2D eigenvalue weighted by Gasteiger charge is 2.45. The van der Waals surface area contributed by atoms with Crippen LogP contribution in [0.15, 0.2) is 72.8 Å². The van der Waals surface area contributed by atoms with Gasteiger partial charge in [0.05, 0.1) is 31.7 Å². The number of methoxy groups -OCH3 is 1. The Bertz CT molecular complexity index is 1230. The van der Waals surface area contributed by atoms with Crippen LogP contribution in [-0.4, -0.2) is 51.5 Å². The van der Waals surface area contributed by atoms with E-state index in [-0.39, 0.29) is 11.3 Å². The first kappa shape index (κ1) is 26.0. The van der Waals surface area contributed by atoms with Gasteiger partial charge in [-0.3, -0.25) is 9.59 Å². The summed E-state index contributed by atoms with van der Waals surface area (Å²) in [4.78, 5) is 32.1. The highest BCUT2D eigenvalue weighted by molar-refractivity contribution is 6.46. The van der Waals surface area contributed by atoms with Crippen molar-refractivity contribution in [2.45, 2.75) is 45.2 Å². The number of carbonyl (C=O) groups excluding carboxylic acids is 2. The van der Waals surface area contributed by atoms with Gasteiger partial charge in [-0.1, -0.05) is 31.9 Å². The van der Waals surface area contributed by atoms with Crippen molar-refractivity contribution in [1.82, 2.24) is 14.5 Å². The molecular formula is C29H33N3O5. The average molecular weight is 504 g/mol. The molecule has 1 amide bonds. The van der Waals surface area contributed by atoms with E-state index in [0.717, 1.165) is 19.3 Å². The predicted octanol–water partition coefficient (Wildman–Crippen LogP) is 4.97. The lowest BCUT2D eigenvalue weighted by Crippen LogP contribution is -2.31. The monoisotopic (exact) mass is 503 g/mol. The topological polar surface area (TPSA) is 93.9 Å². The molecule has 1 unspecified atom stereocenters. The predicted molar refractivity (Wildman–Crippen MR) is 140 cm³/mol. The lowest BCUT2D eigenvalue weighted by Gasteiger charge is -2.26. The number of nitrogens with zero attached hydrogens (tertiary/aromatic N) is 3. The van der Waals surface area contributed by atoms with Gasteiger partial charge in [0.1, 0.15) is 17.3 Å². The summed E-state index contributed by atoms with van der Waals surface area (Å²) in [5.74, 6) is -0.240. The lowest BCUT2D eigenvalue weighted by atomic mass is 9.95. The molecule has 2 heterocycles. The summed E-state index contributed by atoms with van der Waals surface area (Å²) >= 11 is 0. The van der Waals surface area contributed by atoms with E-state index in [1.54, 1.807) is 48.8 Å². The van der Waals surface area contributed by atoms with Crippen molar-refractivity contribution in [1.29, 1.82) is 0 Å². The SMILES string of the molecule is CCCCCOc1cccc(C2/C(=C(\O)c3ccc(OC)cc3)C(=O)C(=O)N2CCCn2ccnc2)c1.